The van der Waals surface area contributed by atoms with Crippen LogP contribution in [0.3, 0.4) is 0 Å². The Kier molecular flexibility index (Phi) is 7.80. The number of aromatic nitrogens is 1. The molecule has 0 atom stereocenters. The second-order valence-corrected chi connectivity index (χ2v) is 7.75. The summed E-state index contributed by atoms with van der Waals surface area (Å²) in [6.07, 6.45) is 0. The minimum Gasteiger partial charge on any atom is -0.487 e. The first-order valence-corrected chi connectivity index (χ1v) is 10.7. The van der Waals surface area contributed by atoms with Gasteiger partial charge in [0.1, 0.15) is 45.7 Å². The predicted molar refractivity (Wildman–Crippen MR) is 119 cm³/mol. The molecule has 0 bridgehead atoms. The average Bonchev–Trinajstić information content (AvgIpc) is 2.77. The van der Waals surface area contributed by atoms with Crippen LogP contribution in [0.2, 0.25) is 0 Å². The molecule has 3 rings (SSSR count). The molecule has 10 heteroatoms. The summed E-state index contributed by atoms with van der Waals surface area (Å²) in [7, 11) is 0. The number of carbonyl (C=O) groups is 1. The summed E-state index contributed by atoms with van der Waals surface area (Å²) in [6, 6.07) is 8.51. The van der Waals surface area contributed by atoms with Crippen molar-refractivity contribution in [2.24, 2.45) is 0 Å². The van der Waals surface area contributed by atoms with Gasteiger partial charge in [-0.05, 0) is 54.0 Å². The lowest BCUT2D eigenvalue weighted by atomic mass is 10.2. The van der Waals surface area contributed by atoms with E-state index in [4.69, 9.17) is 9.47 Å². The monoisotopic (exact) mass is 524 g/mol. The zero-order valence-electron chi connectivity index (χ0n) is 17.8. The fraction of sp³-hybridized carbons (Fsp3) is 0.217. The number of carbonyl (C=O) groups excluding carboxylic acids is 1. The number of halogens is 4. The number of nitrogens with zero attached hydrogens (tertiary/aromatic N) is 1. The van der Waals surface area contributed by atoms with Crippen molar-refractivity contribution in [3.05, 3.63) is 86.0 Å². The van der Waals surface area contributed by atoms with Crippen molar-refractivity contribution in [1.82, 2.24) is 9.88 Å². The molecule has 0 aliphatic rings. The topological polar surface area (TPSA) is 69.6 Å². The number of hydrogen-bond acceptors (Lipinski definition) is 4. The van der Waals surface area contributed by atoms with Gasteiger partial charge in [0.2, 0.25) is 0 Å². The van der Waals surface area contributed by atoms with Gasteiger partial charge >= 0.3 is 0 Å². The highest BCUT2D eigenvalue weighted by molar-refractivity contribution is 9.10. The van der Waals surface area contributed by atoms with Crippen LogP contribution in [0.1, 0.15) is 18.2 Å². The van der Waals surface area contributed by atoms with Crippen molar-refractivity contribution in [2.45, 2.75) is 20.5 Å². The standard InChI is InChI=1S/C23H20BrF3N2O4/c1-3-28-20(30)12-33-18-10-15(25)8-7-14(18)11-32-19-9-13(2)29(23(31)21(19)24)22-16(26)5-4-6-17(22)27/h4-10H,3,11-12H2,1-2H3,(H,28,30). The molecule has 3 aromatic rings. The van der Waals surface area contributed by atoms with Crippen molar-refractivity contribution in [1.29, 1.82) is 0 Å². The number of pyridine rings is 1. The molecule has 0 fully saturated rings. The van der Waals surface area contributed by atoms with Crippen molar-refractivity contribution < 1.29 is 27.4 Å². The number of nitrogens with one attached hydrogen (secondary N) is 1. The molecule has 0 aliphatic carbocycles. The van der Waals surface area contributed by atoms with Gasteiger partial charge in [-0.2, -0.15) is 0 Å². The molecule has 2 aromatic carbocycles. The average molecular weight is 525 g/mol. The predicted octanol–water partition coefficient (Wildman–Crippen LogP) is 4.42. The first-order chi connectivity index (χ1) is 15.7. The lowest BCUT2D eigenvalue weighted by Gasteiger charge is -2.16. The fourth-order valence-corrected chi connectivity index (χ4v) is 3.50. The summed E-state index contributed by atoms with van der Waals surface area (Å²) < 4.78 is 54.1. The molecule has 6 nitrogen and oxygen atoms in total. The van der Waals surface area contributed by atoms with Gasteiger partial charge in [0.15, 0.2) is 6.61 Å². The molecule has 0 unspecified atom stereocenters. The van der Waals surface area contributed by atoms with Crippen molar-refractivity contribution in [2.75, 3.05) is 13.2 Å². The number of likely N-dealkylation sites (N-methyl/N-ethyl adjacent to an activating group) is 1. The molecule has 33 heavy (non-hydrogen) atoms. The Hall–Kier alpha value is -3.27. The maximum Gasteiger partial charge on any atom is 0.273 e. The quantitative estimate of drug-likeness (QED) is 0.473. The van der Waals surface area contributed by atoms with Crippen LogP contribution in [0.15, 0.2) is 51.7 Å². The Balaban J connectivity index is 1.87. The number of rotatable bonds is 8. The maximum absolute atomic E-state index is 14.2. The number of aryl methyl sites for hydroxylation is 1. The minimum atomic E-state index is -0.888. The molecule has 174 valence electrons. The number of ether oxygens (including phenoxy) is 2. The molecule has 1 N–H and O–H groups in total. The highest BCUT2D eigenvalue weighted by atomic mass is 79.9. The molecule has 0 saturated carbocycles. The zero-order valence-corrected chi connectivity index (χ0v) is 19.3. The molecule has 1 aromatic heterocycles. The van der Waals surface area contributed by atoms with Gasteiger partial charge in [-0.15, -0.1) is 0 Å². The Bertz CT molecular complexity index is 1230. The molecule has 1 amide bonds. The first-order valence-electron chi connectivity index (χ1n) is 9.90. The molecule has 0 radical (unpaired) electrons. The fourth-order valence-electron chi connectivity index (χ4n) is 3.10. The van der Waals surface area contributed by atoms with E-state index in [1.54, 1.807) is 6.92 Å². The van der Waals surface area contributed by atoms with Crippen molar-refractivity contribution in [3.8, 4) is 17.2 Å². The van der Waals surface area contributed by atoms with E-state index in [0.717, 1.165) is 22.8 Å². The van der Waals surface area contributed by atoms with Crippen LogP contribution in [0.5, 0.6) is 11.5 Å². The zero-order chi connectivity index (χ0) is 24.1. The van der Waals surface area contributed by atoms with Gasteiger partial charge in [0.05, 0.1) is 0 Å². The highest BCUT2D eigenvalue weighted by Crippen LogP contribution is 2.28. The van der Waals surface area contributed by atoms with Crippen molar-refractivity contribution >= 4 is 21.8 Å². The number of benzene rings is 2. The lowest BCUT2D eigenvalue weighted by Crippen LogP contribution is -2.28. The molecular weight excluding hydrogens is 505 g/mol. The van der Waals surface area contributed by atoms with Gasteiger partial charge in [-0.1, -0.05) is 6.07 Å². The first kappa shape index (κ1) is 24.4. The van der Waals surface area contributed by atoms with Crippen LogP contribution >= 0.6 is 15.9 Å². The summed E-state index contributed by atoms with van der Waals surface area (Å²) in [6.45, 7) is 3.26. The molecule has 0 spiro atoms. The van der Waals surface area contributed by atoms with Crippen LogP contribution in [-0.4, -0.2) is 23.6 Å². The van der Waals surface area contributed by atoms with Gasteiger partial charge in [-0.25, -0.2) is 13.2 Å². The van der Waals surface area contributed by atoms with Crippen LogP contribution in [0.25, 0.3) is 5.69 Å². The highest BCUT2D eigenvalue weighted by Gasteiger charge is 2.19. The Morgan fingerprint density at radius 2 is 1.76 bits per heavy atom. The van der Waals surface area contributed by atoms with Crippen LogP contribution < -0.4 is 20.3 Å². The van der Waals surface area contributed by atoms with Crippen molar-refractivity contribution in [3.63, 3.8) is 0 Å². The molecular formula is C23H20BrF3N2O4. The smallest absolute Gasteiger partial charge is 0.273 e. The van der Waals surface area contributed by atoms with E-state index in [1.807, 2.05) is 0 Å². The summed E-state index contributed by atoms with van der Waals surface area (Å²) in [5.41, 5.74) is -0.559. The van der Waals surface area contributed by atoms with Gasteiger partial charge in [0.25, 0.3) is 11.5 Å². The van der Waals surface area contributed by atoms with Crippen LogP contribution in [0.4, 0.5) is 13.2 Å². The lowest BCUT2D eigenvalue weighted by molar-refractivity contribution is -0.123. The van der Waals surface area contributed by atoms with Gasteiger partial charge in [-0.3, -0.25) is 14.2 Å². The number of amides is 1. The maximum atomic E-state index is 14.2. The largest absolute Gasteiger partial charge is 0.487 e. The summed E-state index contributed by atoms with van der Waals surface area (Å²) in [4.78, 5) is 24.5. The van der Waals surface area contributed by atoms with E-state index >= 15 is 0 Å². The minimum absolute atomic E-state index is 0.0531. The van der Waals surface area contributed by atoms with Crippen LogP contribution in [-0.2, 0) is 11.4 Å². The Morgan fingerprint density at radius 3 is 2.42 bits per heavy atom. The van der Waals surface area contributed by atoms with E-state index in [2.05, 4.69) is 21.2 Å². The third-order valence-electron chi connectivity index (χ3n) is 4.61. The summed E-state index contributed by atoms with van der Waals surface area (Å²) >= 11 is 3.13. The third kappa shape index (κ3) is 5.57. The van der Waals surface area contributed by atoms with Gasteiger partial charge in [0, 0.05) is 29.9 Å². The van der Waals surface area contributed by atoms with E-state index in [0.29, 0.717) is 12.1 Å². The number of hydrogen-bond donors (Lipinski definition) is 1. The van der Waals surface area contributed by atoms with Gasteiger partial charge < -0.3 is 14.8 Å². The second-order valence-electron chi connectivity index (χ2n) is 6.96. The summed E-state index contributed by atoms with van der Waals surface area (Å²) in [5.74, 6) is -2.48. The molecule has 0 aliphatic heterocycles. The second kappa shape index (κ2) is 10.6. The van der Waals surface area contributed by atoms with E-state index < -0.39 is 28.7 Å². The Labute approximate surface area is 196 Å². The van der Waals surface area contributed by atoms with E-state index in [1.165, 1.54) is 31.2 Å². The molecule has 0 saturated heterocycles. The third-order valence-corrected chi connectivity index (χ3v) is 5.34. The normalized spacial score (nSPS) is 10.7. The van der Waals surface area contributed by atoms with E-state index in [-0.39, 0.29) is 40.8 Å². The Morgan fingerprint density at radius 1 is 1.06 bits per heavy atom. The summed E-state index contributed by atoms with van der Waals surface area (Å²) in [5, 5.41) is 2.57. The van der Waals surface area contributed by atoms with E-state index in [9.17, 15) is 22.8 Å². The molecule has 1 heterocycles. The van der Waals surface area contributed by atoms with Crippen LogP contribution in [0, 0.1) is 24.4 Å². The number of para-hydroxylation sites is 1. The SMILES string of the molecule is CCNC(=O)COc1cc(F)ccc1COc1cc(C)n(-c2c(F)cccc2F)c(=O)c1Br.